The fraction of sp³-hybridized carbons (Fsp3) is 0. The SMILES string of the molecule is c1ccc(-c2ccccc2N(c2ccc3sc4ccccc4c3c2)c2ccccc2-c2cccc3oc4c5ccccc5ccc4c23)cc1. The summed E-state index contributed by atoms with van der Waals surface area (Å²) in [6.45, 7) is 0. The Balaban J connectivity index is 1.27. The molecule has 3 heteroatoms. The average Bonchev–Trinajstić information content (AvgIpc) is 3.74. The lowest BCUT2D eigenvalue weighted by Crippen LogP contribution is -2.12. The molecule has 2 heterocycles. The molecule has 0 N–H and O–H groups in total. The second-order valence-corrected chi connectivity index (χ2v) is 13.5. The second-order valence-electron chi connectivity index (χ2n) is 12.5. The third-order valence-corrected chi connectivity index (χ3v) is 10.8. The molecule has 0 saturated heterocycles. The molecule has 10 rings (SSSR count). The highest BCUT2D eigenvalue weighted by Crippen LogP contribution is 2.48. The van der Waals surface area contributed by atoms with Crippen molar-refractivity contribution in [3.8, 4) is 22.3 Å². The van der Waals surface area contributed by atoms with E-state index in [0.29, 0.717) is 0 Å². The van der Waals surface area contributed by atoms with Gasteiger partial charge < -0.3 is 9.32 Å². The number of rotatable bonds is 5. The lowest BCUT2D eigenvalue weighted by Gasteiger charge is -2.30. The first-order valence-electron chi connectivity index (χ1n) is 16.6. The summed E-state index contributed by atoms with van der Waals surface area (Å²) >= 11 is 1.85. The Morgan fingerprint density at radius 3 is 1.98 bits per heavy atom. The van der Waals surface area contributed by atoms with E-state index in [1.165, 1.54) is 36.7 Å². The zero-order valence-corrected chi connectivity index (χ0v) is 27.3. The van der Waals surface area contributed by atoms with Crippen molar-refractivity contribution in [1.29, 1.82) is 0 Å². The summed E-state index contributed by atoms with van der Waals surface area (Å²) in [4.78, 5) is 2.44. The van der Waals surface area contributed by atoms with E-state index in [1.807, 2.05) is 11.3 Å². The van der Waals surface area contributed by atoms with Gasteiger partial charge in [0.25, 0.3) is 0 Å². The molecule has 0 saturated carbocycles. The van der Waals surface area contributed by atoms with Crippen molar-refractivity contribution < 1.29 is 4.42 Å². The van der Waals surface area contributed by atoms with Crippen LogP contribution in [0.3, 0.4) is 0 Å². The zero-order chi connectivity index (χ0) is 32.3. The van der Waals surface area contributed by atoms with E-state index < -0.39 is 0 Å². The van der Waals surface area contributed by atoms with Crippen molar-refractivity contribution in [2.75, 3.05) is 4.90 Å². The Kier molecular flexibility index (Phi) is 6.39. The van der Waals surface area contributed by atoms with Gasteiger partial charge in [0, 0.05) is 53.1 Å². The average molecular weight is 644 g/mol. The number of furan rings is 1. The maximum Gasteiger partial charge on any atom is 0.143 e. The van der Waals surface area contributed by atoms with Gasteiger partial charge in [-0.25, -0.2) is 0 Å². The van der Waals surface area contributed by atoms with Crippen LogP contribution in [0.15, 0.2) is 180 Å². The molecule has 49 heavy (non-hydrogen) atoms. The van der Waals surface area contributed by atoms with Crippen LogP contribution < -0.4 is 4.90 Å². The molecule has 0 atom stereocenters. The molecule has 0 bridgehead atoms. The quantitative estimate of drug-likeness (QED) is 0.186. The van der Waals surface area contributed by atoms with Gasteiger partial charge in [0.2, 0.25) is 0 Å². The second kappa shape index (κ2) is 11.2. The molecule has 8 aromatic carbocycles. The van der Waals surface area contributed by atoms with Gasteiger partial charge in [-0.3, -0.25) is 0 Å². The van der Waals surface area contributed by atoms with Gasteiger partial charge in [0.1, 0.15) is 11.2 Å². The predicted molar refractivity (Wildman–Crippen MR) is 210 cm³/mol. The normalized spacial score (nSPS) is 11.7. The highest BCUT2D eigenvalue weighted by Gasteiger charge is 2.23. The Bertz CT molecular complexity index is 2840. The molecule has 0 unspecified atom stereocenters. The standard InChI is InChI=1S/C46H29NOS/c1-2-13-30(14-3-1)33-16-6-9-21-40(33)47(32-26-28-44-39(29-32)36-19-8-11-24-43(36)49-44)41-22-10-7-18-35(41)37-20-12-23-42-45(37)38-27-25-31-15-4-5-17-34(31)46(38)48-42/h1-29H. The fourth-order valence-electron chi connectivity index (χ4n) is 7.47. The third-order valence-electron chi connectivity index (χ3n) is 9.67. The Hall–Kier alpha value is -6.16. The Morgan fingerprint density at radius 1 is 0.429 bits per heavy atom. The number of nitrogens with zero attached hydrogens (tertiary/aromatic N) is 1. The number of anilines is 3. The molecule has 0 radical (unpaired) electrons. The first-order chi connectivity index (χ1) is 24.3. The van der Waals surface area contributed by atoms with Crippen LogP contribution in [0.1, 0.15) is 0 Å². The first kappa shape index (κ1) is 27.9. The van der Waals surface area contributed by atoms with Crippen LogP contribution in [-0.2, 0) is 0 Å². The van der Waals surface area contributed by atoms with E-state index in [4.69, 9.17) is 4.42 Å². The largest absolute Gasteiger partial charge is 0.455 e. The van der Waals surface area contributed by atoms with Crippen LogP contribution >= 0.6 is 11.3 Å². The Morgan fingerprint density at radius 2 is 1.10 bits per heavy atom. The van der Waals surface area contributed by atoms with Crippen LogP contribution in [-0.4, -0.2) is 0 Å². The van der Waals surface area contributed by atoms with Gasteiger partial charge in [-0.05, 0) is 65.0 Å². The maximum absolute atomic E-state index is 6.64. The molecule has 0 fully saturated rings. The summed E-state index contributed by atoms with van der Waals surface area (Å²) < 4.78 is 9.23. The minimum absolute atomic E-state index is 0.890. The van der Waals surface area contributed by atoms with Crippen LogP contribution in [0.2, 0.25) is 0 Å². The van der Waals surface area contributed by atoms with Crippen molar-refractivity contribution in [2.24, 2.45) is 0 Å². The summed E-state index contributed by atoms with van der Waals surface area (Å²) in [5.74, 6) is 0. The van der Waals surface area contributed by atoms with Crippen molar-refractivity contribution in [1.82, 2.24) is 0 Å². The minimum atomic E-state index is 0.890. The van der Waals surface area contributed by atoms with Gasteiger partial charge in [-0.1, -0.05) is 127 Å². The van der Waals surface area contributed by atoms with Gasteiger partial charge in [0.15, 0.2) is 0 Å². The number of hydrogen-bond donors (Lipinski definition) is 0. The number of thiophene rings is 1. The minimum Gasteiger partial charge on any atom is -0.455 e. The molecule has 2 aromatic heterocycles. The summed E-state index contributed by atoms with van der Waals surface area (Å²) in [7, 11) is 0. The number of benzene rings is 8. The fourth-order valence-corrected chi connectivity index (χ4v) is 8.55. The van der Waals surface area contributed by atoms with E-state index in [2.05, 4.69) is 181 Å². The summed E-state index contributed by atoms with van der Waals surface area (Å²) in [5.41, 5.74) is 9.79. The predicted octanol–water partition coefficient (Wildman–Crippen LogP) is 13.9. The molecule has 10 aromatic rings. The summed E-state index contributed by atoms with van der Waals surface area (Å²) in [6.07, 6.45) is 0. The van der Waals surface area contributed by atoms with E-state index >= 15 is 0 Å². The lowest BCUT2D eigenvalue weighted by atomic mass is 9.95. The topological polar surface area (TPSA) is 16.4 Å². The van der Waals surface area contributed by atoms with Gasteiger partial charge in [-0.2, -0.15) is 0 Å². The van der Waals surface area contributed by atoms with Crippen LogP contribution in [0.5, 0.6) is 0 Å². The summed E-state index contributed by atoms with van der Waals surface area (Å²) in [5, 5.41) is 7.12. The van der Waals surface area contributed by atoms with Crippen LogP contribution in [0.25, 0.3) is 75.1 Å². The third kappa shape index (κ3) is 4.47. The monoisotopic (exact) mass is 643 g/mol. The maximum atomic E-state index is 6.64. The van der Waals surface area contributed by atoms with E-state index in [-0.39, 0.29) is 0 Å². The smallest absolute Gasteiger partial charge is 0.143 e. The molecule has 0 spiro atoms. The number of para-hydroxylation sites is 2. The van der Waals surface area contributed by atoms with Gasteiger partial charge in [0.05, 0.1) is 11.4 Å². The Labute approximate surface area is 287 Å². The molecule has 0 aliphatic rings. The molecule has 230 valence electrons. The van der Waals surface area contributed by atoms with Crippen molar-refractivity contribution in [2.45, 2.75) is 0 Å². The number of hydrogen-bond acceptors (Lipinski definition) is 3. The van der Waals surface area contributed by atoms with Gasteiger partial charge >= 0.3 is 0 Å². The number of fused-ring (bicyclic) bond motifs is 8. The molecule has 0 aliphatic heterocycles. The van der Waals surface area contributed by atoms with Crippen molar-refractivity contribution in [3.63, 3.8) is 0 Å². The van der Waals surface area contributed by atoms with Crippen molar-refractivity contribution >= 4 is 81.3 Å². The molecule has 0 amide bonds. The van der Waals surface area contributed by atoms with Crippen molar-refractivity contribution in [3.05, 3.63) is 176 Å². The van der Waals surface area contributed by atoms with E-state index in [9.17, 15) is 0 Å². The van der Waals surface area contributed by atoms with E-state index in [0.717, 1.165) is 55.5 Å². The molecular formula is C46H29NOS. The molecule has 0 aliphatic carbocycles. The highest BCUT2D eigenvalue weighted by molar-refractivity contribution is 7.25. The highest BCUT2D eigenvalue weighted by atomic mass is 32.1. The van der Waals surface area contributed by atoms with Gasteiger partial charge in [-0.15, -0.1) is 11.3 Å². The first-order valence-corrected chi connectivity index (χ1v) is 17.4. The molecular weight excluding hydrogens is 615 g/mol. The van der Waals surface area contributed by atoms with Crippen LogP contribution in [0.4, 0.5) is 17.1 Å². The zero-order valence-electron chi connectivity index (χ0n) is 26.5. The molecule has 2 nitrogen and oxygen atoms in total. The van der Waals surface area contributed by atoms with Crippen LogP contribution in [0, 0.1) is 0 Å². The summed E-state index contributed by atoms with van der Waals surface area (Å²) in [6, 6.07) is 63.2. The lowest BCUT2D eigenvalue weighted by molar-refractivity contribution is 0.673. The van der Waals surface area contributed by atoms with E-state index in [1.54, 1.807) is 0 Å².